The number of hydrogen-bond donors (Lipinski definition) is 0. The number of benzene rings is 2. The molecule has 22 heavy (non-hydrogen) atoms. The number of rotatable bonds is 2. The molecule has 0 radical (unpaired) electrons. The van der Waals surface area contributed by atoms with E-state index in [0.717, 1.165) is 53.6 Å². The van der Waals surface area contributed by atoms with Crippen LogP contribution in [0, 0.1) is 5.92 Å². The molecular formula is C19H20ClNO. The Bertz CT molecular complexity index is 657. The predicted octanol–water partition coefficient (Wildman–Crippen LogP) is 4.88. The summed E-state index contributed by atoms with van der Waals surface area (Å²) in [4.78, 5) is 14.6. The Morgan fingerprint density at radius 3 is 2.41 bits per heavy atom. The lowest BCUT2D eigenvalue weighted by Crippen LogP contribution is -2.37. The summed E-state index contributed by atoms with van der Waals surface area (Å²) in [7, 11) is 0. The molecule has 0 atom stereocenters. The van der Waals surface area contributed by atoms with E-state index in [-0.39, 0.29) is 5.91 Å². The summed E-state index contributed by atoms with van der Waals surface area (Å²) < 4.78 is 0. The first-order valence-electron chi connectivity index (χ1n) is 7.79. The van der Waals surface area contributed by atoms with Crippen molar-refractivity contribution in [1.29, 1.82) is 0 Å². The minimum atomic E-state index is 0.141. The fourth-order valence-corrected chi connectivity index (χ4v) is 2.99. The van der Waals surface area contributed by atoms with Crippen molar-refractivity contribution in [3.63, 3.8) is 0 Å². The van der Waals surface area contributed by atoms with Gasteiger partial charge in [0, 0.05) is 23.7 Å². The van der Waals surface area contributed by atoms with Crippen LogP contribution in [0.5, 0.6) is 0 Å². The molecule has 3 rings (SSSR count). The summed E-state index contributed by atoms with van der Waals surface area (Å²) in [5.41, 5.74) is 2.89. The van der Waals surface area contributed by atoms with Crippen molar-refractivity contribution < 1.29 is 4.79 Å². The molecule has 0 spiro atoms. The third-order valence-electron chi connectivity index (χ3n) is 4.36. The molecule has 1 amide bonds. The second kappa shape index (κ2) is 6.53. The van der Waals surface area contributed by atoms with Crippen LogP contribution in [-0.2, 0) is 0 Å². The average Bonchev–Trinajstić information content (AvgIpc) is 2.56. The zero-order valence-corrected chi connectivity index (χ0v) is 13.5. The van der Waals surface area contributed by atoms with E-state index in [1.54, 1.807) is 0 Å². The Balaban J connectivity index is 1.81. The monoisotopic (exact) mass is 313 g/mol. The zero-order valence-electron chi connectivity index (χ0n) is 12.8. The van der Waals surface area contributed by atoms with Gasteiger partial charge in [0.05, 0.1) is 0 Å². The van der Waals surface area contributed by atoms with Crippen molar-refractivity contribution in [3.05, 3.63) is 59.1 Å². The van der Waals surface area contributed by atoms with E-state index in [4.69, 9.17) is 11.6 Å². The molecule has 2 nitrogen and oxygen atoms in total. The zero-order chi connectivity index (χ0) is 15.5. The van der Waals surface area contributed by atoms with E-state index in [1.807, 2.05) is 53.4 Å². The number of nitrogens with zero attached hydrogens (tertiary/aromatic N) is 1. The molecule has 0 aliphatic carbocycles. The van der Waals surface area contributed by atoms with E-state index in [9.17, 15) is 4.79 Å². The number of amides is 1. The standard InChI is InChI=1S/C19H20ClNO/c1-14-9-11-21(12-10-14)19(22)17-4-2-3-16(13-17)15-5-7-18(20)8-6-15/h2-8,13-14H,9-12H2,1H3. The smallest absolute Gasteiger partial charge is 0.253 e. The summed E-state index contributed by atoms with van der Waals surface area (Å²) in [5.74, 6) is 0.868. The van der Waals surface area contributed by atoms with Crippen LogP contribution in [-0.4, -0.2) is 23.9 Å². The van der Waals surface area contributed by atoms with Gasteiger partial charge in [-0.05, 0) is 54.2 Å². The molecular weight excluding hydrogens is 294 g/mol. The fourth-order valence-electron chi connectivity index (χ4n) is 2.87. The van der Waals surface area contributed by atoms with Gasteiger partial charge in [-0.1, -0.05) is 42.8 Å². The van der Waals surface area contributed by atoms with Crippen molar-refractivity contribution in [2.75, 3.05) is 13.1 Å². The highest BCUT2D eigenvalue weighted by Gasteiger charge is 2.21. The lowest BCUT2D eigenvalue weighted by atomic mass is 9.98. The second-order valence-corrected chi connectivity index (χ2v) is 6.50. The first-order chi connectivity index (χ1) is 10.6. The maximum atomic E-state index is 12.6. The molecule has 1 fully saturated rings. The average molecular weight is 314 g/mol. The normalized spacial score (nSPS) is 15.8. The molecule has 114 valence electrons. The number of piperidine rings is 1. The molecule has 1 aliphatic rings. The van der Waals surface area contributed by atoms with Gasteiger partial charge in [-0.3, -0.25) is 4.79 Å². The van der Waals surface area contributed by atoms with E-state index in [2.05, 4.69) is 6.92 Å². The summed E-state index contributed by atoms with van der Waals surface area (Å²) in [5, 5.41) is 0.721. The third kappa shape index (κ3) is 3.33. The maximum Gasteiger partial charge on any atom is 0.253 e. The molecule has 0 N–H and O–H groups in total. The van der Waals surface area contributed by atoms with E-state index in [0.29, 0.717) is 0 Å². The van der Waals surface area contributed by atoms with Gasteiger partial charge < -0.3 is 4.90 Å². The molecule has 0 bridgehead atoms. The van der Waals surface area contributed by atoms with Crippen LogP contribution in [0.15, 0.2) is 48.5 Å². The molecule has 0 unspecified atom stereocenters. The quantitative estimate of drug-likeness (QED) is 0.774. The van der Waals surface area contributed by atoms with Gasteiger partial charge in [0.1, 0.15) is 0 Å². The van der Waals surface area contributed by atoms with Crippen LogP contribution in [0.25, 0.3) is 11.1 Å². The van der Waals surface area contributed by atoms with E-state index < -0.39 is 0 Å². The number of likely N-dealkylation sites (tertiary alicyclic amines) is 1. The van der Waals surface area contributed by atoms with Crippen molar-refractivity contribution >= 4 is 17.5 Å². The largest absolute Gasteiger partial charge is 0.339 e. The van der Waals surface area contributed by atoms with Gasteiger partial charge in [-0.15, -0.1) is 0 Å². The van der Waals surface area contributed by atoms with Crippen molar-refractivity contribution in [2.24, 2.45) is 5.92 Å². The molecule has 2 aromatic carbocycles. The van der Waals surface area contributed by atoms with Crippen LogP contribution < -0.4 is 0 Å². The molecule has 0 aromatic heterocycles. The first-order valence-corrected chi connectivity index (χ1v) is 8.16. The predicted molar refractivity (Wildman–Crippen MR) is 91.2 cm³/mol. The molecule has 2 aromatic rings. The minimum Gasteiger partial charge on any atom is -0.339 e. The van der Waals surface area contributed by atoms with Crippen molar-refractivity contribution in [2.45, 2.75) is 19.8 Å². The third-order valence-corrected chi connectivity index (χ3v) is 4.61. The molecule has 0 saturated carbocycles. The number of carbonyl (C=O) groups is 1. The summed E-state index contributed by atoms with van der Waals surface area (Å²) in [6.45, 7) is 3.99. The lowest BCUT2D eigenvalue weighted by molar-refractivity contribution is 0.0697. The highest BCUT2D eigenvalue weighted by Crippen LogP contribution is 2.24. The van der Waals surface area contributed by atoms with Crippen LogP contribution in [0.3, 0.4) is 0 Å². The molecule has 3 heteroatoms. The van der Waals surface area contributed by atoms with Crippen molar-refractivity contribution in [3.8, 4) is 11.1 Å². The van der Waals surface area contributed by atoms with Crippen LogP contribution in [0.1, 0.15) is 30.1 Å². The van der Waals surface area contributed by atoms with Gasteiger partial charge in [0.2, 0.25) is 0 Å². The molecule has 1 aliphatic heterocycles. The van der Waals surface area contributed by atoms with Gasteiger partial charge in [0.25, 0.3) is 5.91 Å². The highest BCUT2D eigenvalue weighted by atomic mass is 35.5. The van der Waals surface area contributed by atoms with Crippen LogP contribution >= 0.6 is 11.6 Å². The van der Waals surface area contributed by atoms with Gasteiger partial charge in [0.15, 0.2) is 0 Å². The SMILES string of the molecule is CC1CCN(C(=O)c2cccc(-c3ccc(Cl)cc3)c2)CC1. The first kappa shape index (κ1) is 15.1. The minimum absolute atomic E-state index is 0.141. The van der Waals surface area contributed by atoms with E-state index >= 15 is 0 Å². The lowest BCUT2D eigenvalue weighted by Gasteiger charge is -2.30. The summed E-state index contributed by atoms with van der Waals surface area (Å²) in [6.07, 6.45) is 2.20. The van der Waals surface area contributed by atoms with Gasteiger partial charge in [-0.2, -0.15) is 0 Å². The Labute approximate surface area is 136 Å². The Hall–Kier alpha value is -1.80. The van der Waals surface area contributed by atoms with Gasteiger partial charge in [-0.25, -0.2) is 0 Å². The Morgan fingerprint density at radius 2 is 1.73 bits per heavy atom. The van der Waals surface area contributed by atoms with E-state index in [1.165, 1.54) is 0 Å². The summed E-state index contributed by atoms with van der Waals surface area (Å²) in [6, 6.07) is 15.6. The fraction of sp³-hybridized carbons (Fsp3) is 0.316. The number of halogens is 1. The topological polar surface area (TPSA) is 20.3 Å². The van der Waals surface area contributed by atoms with Gasteiger partial charge >= 0.3 is 0 Å². The Kier molecular flexibility index (Phi) is 4.49. The molecule has 1 saturated heterocycles. The van der Waals surface area contributed by atoms with Crippen LogP contribution in [0.4, 0.5) is 0 Å². The maximum absolute atomic E-state index is 12.6. The summed E-state index contributed by atoms with van der Waals surface area (Å²) >= 11 is 5.93. The Morgan fingerprint density at radius 1 is 1.05 bits per heavy atom. The van der Waals surface area contributed by atoms with Crippen molar-refractivity contribution in [1.82, 2.24) is 4.90 Å². The second-order valence-electron chi connectivity index (χ2n) is 6.06. The molecule has 1 heterocycles. The number of hydrogen-bond acceptors (Lipinski definition) is 1. The van der Waals surface area contributed by atoms with Crippen LogP contribution in [0.2, 0.25) is 5.02 Å². The highest BCUT2D eigenvalue weighted by molar-refractivity contribution is 6.30. The number of carbonyl (C=O) groups excluding carboxylic acids is 1.